The van der Waals surface area contributed by atoms with Crippen molar-refractivity contribution in [1.82, 2.24) is 23.6 Å². The molecule has 0 atom stereocenters. The Balaban J connectivity index is 1.77. The molecule has 0 saturated carbocycles. The molecule has 0 unspecified atom stereocenters. The van der Waals surface area contributed by atoms with E-state index in [2.05, 4.69) is 28.5 Å². The van der Waals surface area contributed by atoms with Crippen molar-refractivity contribution in [2.45, 2.75) is 13.0 Å². The maximum absolute atomic E-state index is 13.0. The highest BCUT2D eigenvalue weighted by atomic mass is 16.2. The Morgan fingerprint density at radius 3 is 2.40 bits per heavy atom. The van der Waals surface area contributed by atoms with E-state index in [-0.39, 0.29) is 11.2 Å². The second-order valence-corrected chi connectivity index (χ2v) is 7.75. The molecule has 1 saturated heterocycles. The molecule has 0 aliphatic carbocycles. The fraction of sp³-hybridized carbons (Fsp3) is 0.409. The summed E-state index contributed by atoms with van der Waals surface area (Å²) in [4.78, 5) is 34.8. The molecule has 0 amide bonds. The zero-order valence-corrected chi connectivity index (χ0v) is 17.6. The largest absolute Gasteiger partial charge is 0.340 e. The zero-order valence-electron chi connectivity index (χ0n) is 17.6. The summed E-state index contributed by atoms with van der Waals surface area (Å²) >= 11 is 0. The van der Waals surface area contributed by atoms with Crippen molar-refractivity contribution in [3.8, 4) is 0 Å². The first-order valence-electron chi connectivity index (χ1n) is 10.3. The highest BCUT2D eigenvalue weighted by molar-refractivity contribution is 5.74. The molecule has 1 aromatic carbocycles. The third-order valence-electron chi connectivity index (χ3n) is 5.84. The summed E-state index contributed by atoms with van der Waals surface area (Å²) in [6.45, 7) is 8.76. The van der Waals surface area contributed by atoms with E-state index in [1.807, 2.05) is 28.8 Å². The molecule has 1 aliphatic heterocycles. The van der Waals surface area contributed by atoms with E-state index in [0.29, 0.717) is 17.7 Å². The van der Waals surface area contributed by atoms with Crippen molar-refractivity contribution in [2.24, 2.45) is 14.1 Å². The molecule has 4 rings (SSSR count). The molecule has 8 heteroatoms. The molecule has 2 aromatic heterocycles. The van der Waals surface area contributed by atoms with E-state index in [1.54, 1.807) is 7.05 Å². The van der Waals surface area contributed by atoms with Crippen molar-refractivity contribution in [3.63, 3.8) is 0 Å². The first kappa shape index (κ1) is 20.2. The van der Waals surface area contributed by atoms with Gasteiger partial charge in [-0.1, -0.05) is 36.4 Å². The van der Waals surface area contributed by atoms with Gasteiger partial charge in [0, 0.05) is 53.4 Å². The predicted molar refractivity (Wildman–Crippen MR) is 119 cm³/mol. The summed E-state index contributed by atoms with van der Waals surface area (Å²) in [6, 6.07) is 10.2. The number of fused-ring (bicyclic) bond motifs is 1. The van der Waals surface area contributed by atoms with Crippen LogP contribution in [-0.4, -0.2) is 56.3 Å². The van der Waals surface area contributed by atoms with Gasteiger partial charge in [-0.05, 0) is 12.0 Å². The average Bonchev–Trinajstić information content (AvgIpc) is 3.16. The van der Waals surface area contributed by atoms with Gasteiger partial charge in [0.1, 0.15) is 0 Å². The zero-order chi connectivity index (χ0) is 21.3. The number of benzene rings is 1. The van der Waals surface area contributed by atoms with Crippen molar-refractivity contribution in [1.29, 1.82) is 0 Å². The summed E-state index contributed by atoms with van der Waals surface area (Å²) in [5.74, 6) is 0.762. The van der Waals surface area contributed by atoms with E-state index < -0.39 is 0 Å². The van der Waals surface area contributed by atoms with Crippen LogP contribution in [0.15, 0.2) is 52.6 Å². The molecule has 3 aromatic rings. The van der Waals surface area contributed by atoms with Crippen molar-refractivity contribution in [3.05, 3.63) is 69.4 Å². The smallest absolute Gasteiger partial charge is 0.332 e. The van der Waals surface area contributed by atoms with Crippen LogP contribution in [0.3, 0.4) is 0 Å². The van der Waals surface area contributed by atoms with Gasteiger partial charge in [0.25, 0.3) is 5.56 Å². The highest BCUT2D eigenvalue weighted by Crippen LogP contribution is 2.22. The molecule has 1 fully saturated rings. The van der Waals surface area contributed by atoms with E-state index in [1.165, 1.54) is 17.2 Å². The number of imidazole rings is 1. The van der Waals surface area contributed by atoms with Crippen LogP contribution in [0.4, 0.5) is 5.95 Å². The Kier molecular flexibility index (Phi) is 5.59. The molecule has 3 heterocycles. The lowest BCUT2D eigenvalue weighted by Crippen LogP contribution is -2.47. The Morgan fingerprint density at radius 1 is 1.03 bits per heavy atom. The summed E-state index contributed by atoms with van der Waals surface area (Å²) in [6.07, 6.45) is 2.70. The second kappa shape index (κ2) is 8.31. The number of hydrogen-bond donors (Lipinski definition) is 0. The van der Waals surface area contributed by atoms with E-state index in [9.17, 15) is 9.59 Å². The lowest BCUT2D eigenvalue weighted by atomic mass is 10.1. The minimum Gasteiger partial charge on any atom is -0.340 e. The first-order valence-corrected chi connectivity index (χ1v) is 10.3. The van der Waals surface area contributed by atoms with Crippen LogP contribution in [-0.2, 0) is 27.1 Å². The Morgan fingerprint density at radius 2 is 1.73 bits per heavy atom. The predicted octanol–water partition coefficient (Wildman–Crippen LogP) is 0.984. The summed E-state index contributed by atoms with van der Waals surface area (Å²) in [5.41, 5.74) is 1.47. The minimum atomic E-state index is -0.359. The van der Waals surface area contributed by atoms with Crippen LogP contribution in [0.1, 0.15) is 5.56 Å². The fourth-order valence-electron chi connectivity index (χ4n) is 4.09. The maximum Gasteiger partial charge on any atom is 0.332 e. The number of anilines is 1. The number of aromatic nitrogens is 4. The summed E-state index contributed by atoms with van der Waals surface area (Å²) < 4.78 is 4.62. The number of aryl methyl sites for hydroxylation is 3. The van der Waals surface area contributed by atoms with Gasteiger partial charge in [0.15, 0.2) is 11.2 Å². The van der Waals surface area contributed by atoms with E-state index >= 15 is 0 Å². The topological polar surface area (TPSA) is 68.3 Å². The SMILES string of the molecule is C=CCN1CCN(c2nc3c(c(=O)n(C)c(=O)n3C)n2CCc2ccccc2)CC1. The van der Waals surface area contributed by atoms with Crippen LogP contribution < -0.4 is 16.1 Å². The van der Waals surface area contributed by atoms with E-state index in [0.717, 1.165) is 49.7 Å². The van der Waals surface area contributed by atoms with Gasteiger partial charge < -0.3 is 9.47 Å². The highest BCUT2D eigenvalue weighted by Gasteiger charge is 2.25. The fourth-order valence-corrected chi connectivity index (χ4v) is 4.09. The lowest BCUT2D eigenvalue weighted by Gasteiger charge is -2.34. The van der Waals surface area contributed by atoms with Crippen LogP contribution in [0.25, 0.3) is 11.2 Å². The van der Waals surface area contributed by atoms with Crippen molar-refractivity contribution in [2.75, 3.05) is 37.6 Å². The van der Waals surface area contributed by atoms with Crippen molar-refractivity contribution >= 4 is 17.1 Å². The van der Waals surface area contributed by atoms with Gasteiger partial charge in [0.05, 0.1) is 0 Å². The monoisotopic (exact) mass is 408 g/mol. The summed E-state index contributed by atoms with van der Waals surface area (Å²) in [5, 5.41) is 0. The maximum atomic E-state index is 13.0. The number of piperazine rings is 1. The molecule has 1 aliphatic rings. The third-order valence-corrected chi connectivity index (χ3v) is 5.84. The van der Waals surface area contributed by atoms with Gasteiger partial charge >= 0.3 is 5.69 Å². The normalized spacial score (nSPS) is 15.1. The van der Waals surface area contributed by atoms with Crippen LogP contribution in [0.5, 0.6) is 0 Å². The Hall–Kier alpha value is -3.13. The summed E-state index contributed by atoms with van der Waals surface area (Å²) in [7, 11) is 3.19. The number of nitrogens with zero attached hydrogens (tertiary/aromatic N) is 6. The van der Waals surface area contributed by atoms with Crippen LogP contribution >= 0.6 is 0 Å². The first-order chi connectivity index (χ1) is 14.5. The standard InChI is InChI=1S/C22H28N6O2/c1-4-11-26-13-15-27(16-14-26)21-23-19-18(20(29)25(3)22(30)24(19)2)28(21)12-10-17-8-6-5-7-9-17/h4-9H,1,10-16H2,2-3H3. The number of hydrogen-bond acceptors (Lipinski definition) is 5. The van der Waals surface area contributed by atoms with Gasteiger partial charge in [-0.3, -0.25) is 18.8 Å². The number of rotatable bonds is 6. The molecule has 0 N–H and O–H groups in total. The average molecular weight is 409 g/mol. The van der Waals surface area contributed by atoms with Crippen LogP contribution in [0, 0.1) is 0 Å². The lowest BCUT2D eigenvalue weighted by molar-refractivity contribution is 0.282. The molecule has 0 bridgehead atoms. The molecule has 8 nitrogen and oxygen atoms in total. The second-order valence-electron chi connectivity index (χ2n) is 7.75. The molecular weight excluding hydrogens is 380 g/mol. The van der Waals surface area contributed by atoms with Gasteiger partial charge in [-0.25, -0.2) is 4.79 Å². The van der Waals surface area contributed by atoms with Crippen LogP contribution in [0.2, 0.25) is 0 Å². The molecule has 158 valence electrons. The van der Waals surface area contributed by atoms with Gasteiger partial charge in [0.2, 0.25) is 5.95 Å². The van der Waals surface area contributed by atoms with Crippen molar-refractivity contribution < 1.29 is 0 Å². The Labute approximate surface area is 175 Å². The third kappa shape index (κ3) is 3.59. The Bertz CT molecular complexity index is 1170. The molecular formula is C22H28N6O2. The molecule has 30 heavy (non-hydrogen) atoms. The van der Waals surface area contributed by atoms with E-state index in [4.69, 9.17) is 4.98 Å². The molecule has 0 radical (unpaired) electrons. The minimum absolute atomic E-state index is 0.301. The van der Waals surface area contributed by atoms with Gasteiger partial charge in [-0.15, -0.1) is 6.58 Å². The molecule has 0 spiro atoms. The quantitative estimate of drug-likeness (QED) is 0.569. The van der Waals surface area contributed by atoms with Gasteiger partial charge in [-0.2, -0.15) is 4.98 Å².